The Morgan fingerprint density at radius 2 is 2.28 bits per heavy atom. The number of carbonyl (C=O) groups is 1. The van der Waals surface area contributed by atoms with E-state index >= 15 is 0 Å². The Morgan fingerprint density at radius 3 is 2.94 bits per heavy atom. The number of hydrogen-bond donors (Lipinski definition) is 1. The molecule has 0 saturated heterocycles. The number of carboxylic acid groups (broad SMARTS) is 1. The van der Waals surface area contributed by atoms with Crippen LogP contribution in [0.5, 0.6) is 0 Å². The highest BCUT2D eigenvalue weighted by atomic mass is 16.4. The monoisotopic (exact) mass is 243 g/mol. The van der Waals surface area contributed by atoms with Crippen LogP contribution in [-0.4, -0.2) is 20.6 Å². The summed E-state index contributed by atoms with van der Waals surface area (Å²) >= 11 is 0. The zero-order chi connectivity index (χ0) is 13.1. The van der Waals surface area contributed by atoms with Crippen molar-refractivity contribution in [3.63, 3.8) is 0 Å². The van der Waals surface area contributed by atoms with E-state index in [0.29, 0.717) is 5.82 Å². The molecule has 1 aromatic carbocycles. The van der Waals surface area contributed by atoms with Gasteiger partial charge in [0.15, 0.2) is 0 Å². The molecule has 18 heavy (non-hydrogen) atoms. The molecule has 92 valence electrons. The maximum atomic E-state index is 10.8. The predicted octanol–water partition coefficient (Wildman–Crippen LogP) is 2.14. The second-order valence-corrected chi connectivity index (χ2v) is 4.17. The van der Waals surface area contributed by atoms with E-state index in [1.165, 1.54) is 0 Å². The van der Waals surface area contributed by atoms with E-state index < -0.39 is 5.97 Å². The molecule has 1 atom stereocenters. The summed E-state index contributed by atoms with van der Waals surface area (Å²) in [5, 5.41) is 17.7. The largest absolute Gasteiger partial charge is 0.481 e. The molecule has 0 amide bonds. The Hall–Kier alpha value is -2.35. The van der Waals surface area contributed by atoms with Gasteiger partial charge in [-0.05, 0) is 19.1 Å². The van der Waals surface area contributed by atoms with Crippen LogP contribution in [0.3, 0.4) is 0 Å². The maximum Gasteiger partial charge on any atom is 0.305 e. The van der Waals surface area contributed by atoms with Crippen LogP contribution in [-0.2, 0) is 11.2 Å². The van der Waals surface area contributed by atoms with Crippen molar-refractivity contribution in [1.82, 2.24) is 9.55 Å². The average Bonchev–Trinajstić information content (AvgIpc) is 2.66. The molecule has 0 radical (unpaired) electrons. The van der Waals surface area contributed by atoms with Crippen LogP contribution in [0.4, 0.5) is 0 Å². The molecular formula is C13H13N3O2. The van der Waals surface area contributed by atoms with Gasteiger partial charge in [0.1, 0.15) is 5.82 Å². The number of benzene rings is 1. The van der Waals surface area contributed by atoms with Gasteiger partial charge < -0.3 is 9.67 Å². The Labute approximate surface area is 104 Å². The number of nitrogens with zero attached hydrogens (tertiary/aromatic N) is 3. The van der Waals surface area contributed by atoms with Gasteiger partial charge in [0.2, 0.25) is 0 Å². The van der Waals surface area contributed by atoms with Crippen LogP contribution >= 0.6 is 0 Å². The van der Waals surface area contributed by atoms with Crippen molar-refractivity contribution in [3.05, 3.63) is 30.1 Å². The van der Waals surface area contributed by atoms with Gasteiger partial charge in [0.05, 0.1) is 29.9 Å². The number of hydrogen-bond acceptors (Lipinski definition) is 3. The van der Waals surface area contributed by atoms with Gasteiger partial charge in [-0.25, -0.2) is 4.98 Å². The highest BCUT2D eigenvalue weighted by molar-refractivity contribution is 5.76. The second-order valence-electron chi connectivity index (χ2n) is 4.17. The highest BCUT2D eigenvalue weighted by Gasteiger charge is 2.17. The third-order valence-electron chi connectivity index (χ3n) is 2.82. The Bertz CT molecular complexity index is 625. The highest BCUT2D eigenvalue weighted by Crippen LogP contribution is 2.23. The summed E-state index contributed by atoms with van der Waals surface area (Å²) in [6.45, 7) is 1.82. The lowest BCUT2D eigenvalue weighted by molar-refractivity contribution is -0.137. The molecule has 1 unspecified atom stereocenters. The topological polar surface area (TPSA) is 78.9 Å². The third kappa shape index (κ3) is 2.18. The lowest BCUT2D eigenvalue weighted by atomic mass is 10.2. The SMILES string of the molecule is CC(CC(=O)O)n1c(CC#N)nc2ccccc21. The molecule has 1 aromatic heterocycles. The normalized spacial score (nSPS) is 12.2. The molecule has 0 aliphatic rings. The van der Waals surface area contributed by atoms with Crippen molar-refractivity contribution in [2.45, 2.75) is 25.8 Å². The van der Waals surface area contributed by atoms with Gasteiger partial charge >= 0.3 is 5.97 Å². The van der Waals surface area contributed by atoms with Crippen molar-refractivity contribution in [2.75, 3.05) is 0 Å². The smallest absolute Gasteiger partial charge is 0.305 e. The molecule has 5 nitrogen and oxygen atoms in total. The fraction of sp³-hybridized carbons (Fsp3) is 0.308. The van der Waals surface area contributed by atoms with Gasteiger partial charge in [-0.2, -0.15) is 5.26 Å². The lowest BCUT2D eigenvalue weighted by Crippen LogP contribution is -2.13. The average molecular weight is 243 g/mol. The minimum Gasteiger partial charge on any atom is -0.481 e. The standard InChI is InChI=1S/C13H13N3O2/c1-9(8-13(17)18)16-11-5-3-2-4-10(11)15-12(16)6-7-14/h2-5,9H,6,8H2,1H3,(H,17,18). The summed E-state index contributed by atoms with van der Waals surface area (Å²) < 4.78 is 1.84. The van der Waals surface area contributed by atoms with E-state index in [0.717, 1.165) is 11.0 Å². The van der Waals surface area contributed by atoms with Crippen molar-refractivity contribution in [2.24, 2.45) is 0 Å². The Morgan fingerprint density at radius 1 is 1.56 bits per heavy atom. The van der Waals surface area contributed by atoms with Gasteiger partial charge in [-0.1, -0.05) is 12.1 Å². The summed E-state index contributed by atoms with van der Waals surface area (Å²) in [4.78, 5) is 15.2. The first-order valence-electron chi connectivity index (χ1n) is 5.68. The fourth-order valence-electron chi connectivity index (χ4n) is 2.13. The van der Waals surface area contributed by atoms with Crippen LogP contribution < -0.4 is 0 Å². The molecule has 0 aliphatic carbocycles. The van der Waals surface area contributed by atoms with Crippen LogP contribution in [0.25, 0.3) is 11.0 Å². The maximum absolute atomic E-state index is 10.8. The Balaban J connectivity index is 2.54. The van der Waals surface area contributed by atoms with Crippen molar-refractivity contribution in [3.8, 4) is 6.07 Å². The molecule has 2 aromatic rings. The summed E-state index contributed by atoms with van der Waals surface area (Å²) in [6, 6.07) is 9.34. The number of rotatable bonds is 4. The van der Waals surface area contributed by atoms with Gasteiger partial charge in [0.25, 0.3) is 0 Å². The summed E-state index contributed by atoms with van der Waals surface area (Å²) in [7, 11) is 0. The minimum atomic E-state index is -0.858. The molecule has 0 bridgehead atoms. The van der Waals surface area contributed by atoms with Crippen LogP contribution in [0.15, 0.2) is 24.3 Å². The lowest BCUT2D eigenvalue weighted by Gasteiger charge is -2.14. The van der Waals surface area contributed by atoms with E-state index in [2.05, 4.69) is 11.1 Å². The van der Waals surface area contributed by atoms with E-state index in [4.69, 9.17) is 10.4 Å². The minimum absolute atomic E-state index is 0.0127. The van der Waals surface area contributed by atoms with E-state index in [1.54, 1.807) is 0 Å². The number of fused-ring (bicyclic) bond motifs is 1. The first kappa shape index (κ1) is 12.1. The first-order valence-corrected chi connectivity index (χ1v) is 5.68. The zero-order valence-corrected chi connectivity index (χ0v) is 10.00. The molecule has 2 rings (SSSR count). The van der Waals surface area contributed by atoms with Crippen molar-refractivity contribution < 1.29 is 9.90 Å². The molecule has 0 spiro atoms. The summed E-state index contributed by atoms with van der Waals surface area (Å²) in [5.41, 5.74) is 1.66. The van der Waals surface area contributed by atoms with Crippen LogP contribution in [0, 0.1) is 11.3 Å². The molecule has 5 heteroatoms. The van der Waals surface area contributed by atoms with E-state index in [1.807, 2.05) is 35.8 Å². The molecular weight excluding hydrogens is 230 g/mol. The van der Waals surface area contributed by atoms with Crippen molar-refractivity contribution >= 4 is 17.0 Å². The van der Waals surface area contributed by atoms with Crippen LogP contribution in [0.2, 0.25) is 0 Å². The molecule has 0 aliphatic heterocycles. The second kappa shape index (κ2) is 4.88. The zero-order valence-electron chi connectivity index (χ0n) is 10.00. The summed E-state index contributed by atoms with van der Waals surface area (Å²) in [6.07, 6.45) is 0.192. The van der Waals surface area contributed by atoms with Gasteiger partial charge in [0, 0.05) is 6.04 Å². The summed E-state index contributed by atoms with van der Waals surface area (Å²) in [5.74, 6) is -0.240. The van der Waals surface area contributed by atoms with Crippen LogP contribution in [0.1, 0.15) is 25.2 Å². The van der Waals surface area contributed by atoms with Gasteiger partial charge in [-0.15, -0.1) is 0 Å². The number of imidazole rings is 1. The first-order chi connectivity index (χ1) is 8.63. The van der Waals surface area contributed by atoms with E-state index in [-0.39, 0.29) is 18.9 Å². The molecule has 1 heterocycles. The van der Waals surface area contributed by atoms with Crippen molar-refractivity contribution in [1.29, 1.82) is 5.26 Å². The Kier molecular flexibility index (Phi) is 3.28. The number of aliphatic carboxylic acids is 1. The predicted molar refractivity (Wildman–Crippen MR) is 66.0 cm³/mol. The van der Waals surface area contributed by atoms with Gasteiger partial charge in [-0.3, -0.25) is 4.79 Å². The fourth-order valence-corrected chi connectivity index (χ4v) is 2.13. The number of para-hydroxylation sites is 2. The number of carboxylic acids is 1. The third-order valence-corrected chi connectivity index (χ3v) is 2.82. The number of nitriles is 1. The quantitative estimate of drug-likeness (QED) is 0.892. The molecule has 1 N–H and O–H groups in total. The van der Waals surface area contributed by atoms with E-state index in [9.17, 15) is 4.79 Å². The number of aromatic nitrogens is 2. The molecule has 0 fully saturated rings. The molecule has 0 saturated carbocycles.